The van der Waals surface area contributed by atoms with Gasteiger partial charge in [0.2, 0.25) is 5.91 Å². The minimum Gasteiger partial charge on any atom is -0.467 e. The van der Waals surface area contributed by atoms with E-state index >= 15 is 0 Å². The molecule has 0 aromatic carbocycles. The number of furan rings is 1. The minimum absolute atomic E-state index is 0.0361. The lowest BCUT2D eigenvalue weighted by Gasteiger charge is -2.21. The van der Waals surface area contributed by atoms with Crippen molar-refractivity contribution in [3.05, 3.63) is 36.8 Å². The third-order valence-electron chi connectivity index (χ3n) is 2.87. The molecule has 0 saturated heterocycles. The van der Waals surface area contributed by atoms with E-state index in [4.69, 9.17) is 9.15 Å². The van der Waals surface area contributed by atoms with Gasteiger partial charge in [0.15, 0.2) is 0 Å². The van der Waals surface area contributed by atoms with Crippen LogP contribution in [0.3, 0.4) is 0 Å². The smallest absolute Gasteiger partial charge is 0.224 e. The quantitative estimate of drug-likeness (QED) is 0.718. The summed E-state index contributed by atoms with van der Waals surface area (Å²) in [5, 5.41) is 3.98. The average molecular weight is 278 g/mol. The van der Waals surface area contributed by atoms with Crippen LogP contribution in [0.2, 0.25) is 0 Å². The molecule has 0 bridgehead atoms. The largest absolute Gasteiger partial charge is 0.467 e. The molecule has 0 aliphatic carbocycles. The van der Waals surface area contributed by atoms with Gasteiger partial charge in [-0.05, 0) is 12.1 Å². The van der Waals surface area contributed by atoms with Crippen LogP contribution < -0.4 is 0 Å². The van der Waals surface area contributed by atoms with Gasteiger partial charge in [0.05, 0.1) is 26.0 Å². The van der Waals surface area contributed by atoms with E-state index in [9.17, 15) is 4.79 Å². The zero-order valence-electron chi connectivity index (χ0n) is 11.4. The van der Waals surface area contributed by atoms with E-state index in [1.54, 1.807) is 29.3 Å². The predicted octanol–water partition coefficient (Wildman–Crippen LogP) is 0.936. The fourth-order valence-corrected chi connectivity index (χ4v) is 1.80. The van der Waals surface area contributed by atoms with Crippen LogP contribution in [0.1, 0.15) is 12.2 Å². The molecule has 0 saturated carbocycles. The van der Waals surface area contributed by atoms with Crippen LogP contribution in [0.15, 0.2) is 35.5 Å². The van der Waals surface area contributed by atoms with Gasteiger partial charge in [-0.25, -0.2) is 4.98 Å². The lowest BCUT2D eigenvalue weighted by atomic mass is 10.3. The molecule has 1 amide bonds. The first kappa shape index (κ1) is 14.3. The number of amides is 1. The number of methoxy groups -OCH3 is 1. The zero-order chi connectivity index (χ0) is 14.2. The Morgan fingerprint density at radius 2 is 2.45 bits per heavy atom. The molecule has 0 spiro atoms. The molecule has 0 aliphatic heterocycles. The fraction of sp³-hybridized carbons (Fsp3) is 0.462. The van der Waals surface area contributed by atoms with Crippen molar-refractivity contribution < 1.29 is 13.9 Å². The highest BCUT2D eigenvalue weighted by atomic mass is 16.5. The molecule has 2 aromatic heterocycles. The van der Waals surface area contributed by atoms with E-state index in [2.05, 4.69) is 10.1 Å². The maximum Gasteiger partial charge on any atom is 0.224 e. The normalized spacial score (nSPS) is 10.7. The van der Waals surface area contributed by atoms with Crippen molar-refractivity contribution in [3.8, 4) is 0 Å². The van der Waals surface area contributed by atoms with E-state index in [0.29, 0.717) is 32.7 Å². The Kier molecular flexibility index (Phi) is 5.31. The minimum atomic E-state index is 0.0361. The lowest BCUT2D eigenvalue weighted by molar-refractivity contribution is -0.133. The van der Waals surface area contributed by atoms with Crippen LogP contribution in [0.5, 0.6) is 0 Å². The Bertz CT molecular complexity index is 496. The number of aromatic nitrogens is 3. The number of aryl methyl sites for hydroxylation is 1. The number of carbonyl (C=O) groups is 1. The van der Waals surface area contributed by atoms with Crippen LogP contribution >= 0.6 is 0 Å². The lowest BCUT2D eigenvalue weighted by Crippen LogP contribution is -2.33. The molecule has 0 radical (unpaired) electrons. The van der Waals surface area contributed by atoms with E-state index < -0.39 is 0 Å². The molecule has 0 unspecified atom stereocenters. The van der Waals surface area contributed by atoms with E-state index in [0.717, 1.165) is 5.76 Å². The Hall–Kier alpha value is -2.15. The van der Waals surface area contributed by atoms with Crippen molar-refractivity contribution in [1.29, 1.82) is 0 Å². The summed E-state index contributed by atoms with van der Waals surface area (Å²) in [6.45, 7) is 2.00. The van der Waals surface area contributed by atoms with E-state index in [1.807, 2.05) is 12.1 Å². The van der Waals surface area contributed by atoms with Crippen molar-refractivity contribution in [2.24, 2.45) is 0 Å². The fourth-order valence-electron chi connectivity index (χ4n) is 1.80. The van der Waals surface area contributed by atoms with Gasteiger partial charge in [-0.15, -0.1) is 0 Å². The molecule has 2 rings (SSSR count). The second-order valence-electron chi connectivity index (χ2n) is 4.30. The molecule has 0 aliphatic rings. The van der Waals surface area contributed by atoms with Crippen molar-refractivity contribution in [2.75, 3.05) is 20.3 Å². The summed E-state index contributed by atoms with van der Waals surface area (Å²) in [6.07, 6.45) is 5.02. The number of rotatable bonds is 8. The van der Waals surface area contributed by atoms with Gasteiger partial charge in [0.25, 0.3) is 0 Å². The predicted molar refractivity (Wildman–Crippen MR) is 70.6 cm³/mol. The number of carbonyl (C=O) groups excluding carboxylic acids is 1. The maximum atomic E-state index is 12.2. The van der Waals surface area contributed by atoms with Gasteiger partial charge < -0.3 is 14.1 Å². The number of ether oxygens (including phenoxy) is 1. The number of nitrogens with zero attached hydrogens (tertiary/aromatic N) is 4. The third kappa shape index (κ3) is 4.20. The topological polar surface area (TPSA) is 73.4 Å². The highest BCUT2D eigenvalue weighted by molar-refractivity contribution is 5.76. The van der Waals surface area contributed by atoms with Crippen molar-refractivity contribution in [2.45, 2.75) is 19.5 Å². The van der Waals surface area contributed by atoms with Crippen LogP contribution in [0.25, 0.3) is 0 Å². The average Bonchev–Trinajstić information content (AvgIpc) is 3.13. The Morgan fingerprint density at radius 3 is 3.10 bits per heavy atom. The van der Waals surface area contributed by atoms with Crippen molar-refractivity contribution in [3.63, 3.8) is 0 Å². The molecule has 108 valence electrons. The first-order valence-corrected chi connectivity index (χ1v) is 6.41. The second-order valence-corrected chi connectivity index (χ2v) is 4.30. The summed E-state index contributed by atoms with van der Waals surface area (Å²) in [7, 11) is 1.62. The van der Waals surface area contributed by atoms with Crippen LogP contribution in [0.4, 0.5) is 0 Å². The molecule has 7 heteroatoms. The summed E-state index contributed by atoms with van der Waals surface area (Å²) >= 11 is 0. The van der Waals surface area contributed by atoms with Gasteiger partial charge >= 0.3 is 0 Å². The van der Waals surface area contributed by atoms with Crippen LogP contribution in [-0.4, -0.2) is 45.8 Å². The molecule has 0 fully saturated rings. The second kappa shape index (κ2) is 7.44. The van der Waals surface area contributed by atoms with E-state index in [-0.39, 0.29) is 5.91 Å². The summed E-state index contributed by atoms with van der Waals surface area (Å²) in [5.74, 6) is 0.796. The van der Waals surface area contributed by atoms with Gasteiger partial charge in [0.1, 0.15) is 18.4 Å². The summed E-state index contributed by atoms with van der Waals surface area (Å²) in [5.41, 5.74) is 0. The molecule has 0 N–H and O–H groups in total. The Labute approximate surface area is 117 Å². The van der Waals surface area contributed by atoms with Crippen LogP contribution in [-0.2, 0) is 22.6 Å². The first-order valence-electron chi connectivity index (χ1n) is 6.41. The third-order valence-corrected chi connectivity index (χ3v) is 2.87. The molecule has 20 heavy (non-hydrogen) atoms. The molecule has 7 nitrogen and oxygen atoms in total. The van der Waals surface area contributed by atoms with Gasteiger partial charge in [-0.2, -0.15) is 5.10 Å². The van der Waals surface area contributed by atoms with Crippen molar-refractivity contribution in [1.82, 2.24) is 19.7 Å². The monoisotopic (exact) mass is 278 g/mol. The number of hydrogen-bond acceptors (Lipinski definition) is 5. The molecular weight excluding hydrogens is 260 g/mol. The summed E-state index contributed by atoms with van der Waals surface area (Å²) in [4.78, 5) is 17.8. The van der Waals surface area contributed by atoms with Crippen LogP contribution in [0, 0.1) is 0 Å². The summed E-state index contributed by atoms with van der Waals surface area (Å²) in [6, 6.07) is 3.66. The van der Waals surface area contributed by atoms with Gasteiger partial charge in [0, 0.05) is 20.1 Å². The molecule has 2 heterocycles. The molecular formula is C13H18N4O3. The maximum absolute atomic E-state index is 12.2. The SMILES string of the molecule is COCCN(Cc1ccco1)C(=O)CCn1cncn1. The highest BCUT2D eigenvalue weighted by Gasteiger charge is 2.15. The Morgan fingerprint density at radius 1 is 1.55 bits per heavy atom. The first-order chi connectivity index (χ1) is 9.79. The molecule has 0 atom stereocenters. The highest BCUT2D eigenvalue weighted by Crippen LogP contribution is 2.07. The van der Waals surface area contributed by atoms with Crippen molar-refractivity contribution >= 4 is 5.91 Å². The zero-order valence-corrected chi connectivity index (χ0v) is 11.4. The van der Waals surface area contributed by atoms with Gasteiger partial charge in [-0.3, -0.25) is 9.48 Å². The number of hydrogen-bond donors (Lipinski definition) is 0. The Balaban J connectivity index is 1.89. The van der Waals surface area contributed by atoms with E-state index in [1.165, 1.54) is 6.33 Å². The summed E-state index contributed by atoms with van der Waals surface area (Å²) < 4.78 is 12.0. The standard InChI is InChI=1S/C13H18N4O3/c1-19-8-6-16(9-12-3-2-7-20-12)13(18)4-5-17-11-14-10-15-17/h2-3,7,10-11H,4-6,8-9H2,1H3. The molecule has 2 aromatic rings. The van der Waals surface area contributed by atoms with Gasteiger partial charge in [-0.1, -0.05) is 0 Å².